The van der Waals surface area contributed by atoms with E-state index >= 15 is 0 Å². The van der Waals surface area contributed by atoms with Gasteiger partial charge in [0.2, 0.25) is 0 Å². The molecule has 0 amide bonds. The number of hydrogen-bond donors (Lipinski definition) is 1. The maximum atomic E-state index is 4.45. The lowest BCUT2D eigenvalue weighted by Gasteiger charge is -2.16. The molecule has 1 unspecified atom stereocenters. The van der Waals surface area contributed by atoms with Gasteiger partial charge in [0, 0.05) is 15.1 Å². The highest BCUT2D eigenvalue weighted by Gasteiger charge is 2.16. The molecule has 0 aliphatic carbocycles. The molecule has 0 radical (unpaired) electrons. The molecule has 2 aromatic heterocycles. The Hall–Kier alpha value is -0.230. The van der Waals surface area contributed by atoms with E-state index in [1.165, 1.54) is 5.56 Å². The molecule has 0 aliphatic heterocycles. The second-order valence-electron chi connectivity index (χ2n) is 3.30. The molecule has 2 rings (SSSR count). The highest BCUT2D eigenvalue weighted by Crippen LogP contribution is 2.29. The van der Waals surface area contributed by atoms with Crippen LogP contribution in [0.5, 0.6) is 0 Å². The van der Waals surface area contributed by atoms with Crippen LogP contribution in [0.2, 0.25) is 0 Å². The van der Waals surface area contributed by atoms with Crippen molar-refractivity contribution in [1.82, 2.24) is 10.3 Å². The summed E-state index contributed by atoms with van der Waals surface area (Å²) in [7, 11) is 1.94. The minimum absolute atomic E-state index is 0.133. The van der Waals surface area contributed by atoms with Gasteiger partial charge in [0.15, 0.2) is 0 Å². The zero-order valence-corrected chi connectivity index (χ0v) is 12.6. The molecule has 5 heteroatoms. The summed E-state index contributed by atoms with van der Waals surface area (Å²) >= 11 is 8.64. The summed E-state index contributed by atoms with van der Waals surface area (Å²) in [4.78, 5) is 4.45. The van der Waals surface area contributed by atoms with Crippen LogP contribution in [0.25, 0.3) is 0 Å². The van der Waals surface area contributed by atoms with Gasteiger partial charge in [-0.3, -0.25) is 4.98 Å². The van der Waals surface area contributed by atoms with E-state index in [1.807, 2.05) is 19.3 Å². The second-order valence-corrected chi connectivity index (χ2v) is 5.85. The number of nitrogens with one attached hydrogen (secondary N) is 1. The molecule has 1 N–H and O–H groups in total. The van der Waals surface area contributed by atoms with Crippen molar-refractivity contribution in [1.29, 1.82) is 0 Å². The summed E-state index contributed by atoms with van der Waals surface area (Å²) < 4.78 is 1.98. The van der Waals surface area contributed by atoms with Crippen molar-refractivity contribution in [3.63, 3.8) is 0 Å². The van der Waals surface area contributed by atoms with Crippen molar-refractivity contribution in [3.05, 3.63) is 49.3 Å². The molecule has 2 aromatic rings. The number of thiophene rings is 1. The standard InChI is InChI=1S/C11H10Br2N2S/c1-14-10(7-2-3-16-6-7)11-9(13)4-8(12)5-15-11/h2-6,10,14H,1H3. The summed E-state index contributed by atoms with van der Waals surface area (Å²) in [5.41, 5.74) is 2.24. The monoisotopic (exact) mass is 360 g/mol. The van der Waals surface area contributed by atoms with Crippen molar-refractivity contribution < 1.29 is 0 Å². The molecule has 16 heavy (non-hydrogen) atoms. The number of aromatic nitrogens is 1. The minimum atomic E-state index is 0.133. The molecule has 0 bridgehead atoms. The summed E-state index contributed by atoms with van der Waals surface area (Å²) in [5, 5.41) is 7.49. The third-order valence-corrected chi connectivity index (χ3v) is 4.05. The molecule has 1 atom stereocenters. The van der Waals surface area contributed by atoms with Crippen LogP contribution in [0, 0.1) is 0 Å². The predicted octanol–water partition coefficient (Wildman–Crippen LogP) is 3.98. The summed E-state index contributed by atoms with van der Waals surface area (Å²) in [6, 6.07) is 4.26. The van der Waals surface area contributed by atoms with E-state index < -0.39 is 0 Å². The third-order valence-electron chi connectivity index (χ3n) is 2.27. The number of hydrogen-bond acceptors (Lipinski definition) is 3. The largest absolute Gasteiger partial charge is 0.308 e. The van der Waals surface area contributed by atoms with Gasteiger partial charge in [-0.05, 0) is 67.4 Å². The number of rotatable bonds is 3. The Kier molecular flexibility index (Phi) is 4.13. The first-order chi connectivity index (χ1) is 7.72. The van der Waals surface area contributed by atoms with E-state index in [9.17, 15) is 0 Å². The van der Waals surface area contributed by atoms with Gasteiger partial charge in [0.05, 0.1) is 11.7 Å². The van der Waals surface area contributed by atoms with E-state index in [0.29, 0.717) is 0 Å². The van der Waals surface area contributed by atoms with Gasteiger partial charge in [-0.25, -0.2) is 0 Å². The molecular formula is C11H10Br2N2S. The van der Waals surface area contributed by atoms with Crippen LogP contribution in [0.15, 0.2) is 38.0 Å². The quantitative estimate of drug-likeness (QED) is 0.894. The molecule has 2 nitrogen and oxygen atoms in total. The first-order valence-corrected chi connectivity index (χ1v) is 7.25. The summed E-state index contributed by atoms with van der Waals surface area (Å²) in [6.45, 7) is 0. The van der Waals surface area contributed by atoms with Crippen LogP contribution >= 0.6 is 43.2 Å². The van der Waals surface area contributed by atoms with Crippen molar-refractivity contribution in [3.8, 4) is 0 Å². The lowest BCUT2D eigenvalue weighted by molar-refractivity contribution is 0.669. The Bertz CT molecular complexity index is 471. The Labute approximate surface area is 115 Å². The van der Waals surface area contributed by atoms with Gasteiger partial charge in [0.25, 0.3) is 0 Å². The van der Waals surface area contributed by atoms with Gasteiger partial charge in [0.1, 0.15) is 0 Å². The molecule has 0 aromatic carbocycles. The van der Waals surface area contributed by atoms with Crippen molar-refractivity contribution >= 4 is 43.2 Å². The third kappa shape index (κ3) is 2.53. The van der Waals surface area contributed by atoms with E-state index in [-0.39, 0.29) is 6.04 Å². The van der Waals surface area contributed by atoms with Crippen molar-refractivity contribution in [2.24, 2.45) is 0 Å². The summed E-state index contributed by atoms with van der Waals surface area (Å²) in [6.07, 6.45) is 1.82. The average Bonchev–Trinajstić information content (AvgIpc) is 2.75. The van der Waals surface area contributed by atoms with Crippen LogP contribution in [0.4, 0.5) is 0 Å². The van der Waals surface area contributed by atoms with Crippen LogP contribution in [-0.2, 0) is 0 Å². The lowest BCUT2D eigenvalue weighted by atomic mass is 10.1. The Morgan fingerprint density at radius 3 is 2.81 bits per heavy atom. The van der Waals surface area contributed by atoms with Crippen LogP contribution in [-0.4, -0.2) is 12.0 Å². The highest BCUT2D eigenvalue weighted by molar-refractivity contribution is 9.11. The van der Waals surface area contributed by atoms with Gasteiger partial charge < -0.3 is 5.32 Å². The summed E-state index contributed by atoms with van der Waals surface area (Å²) in [5.74, 6) is 0. The van der Waals surface area contributed by atoms with E-state index in [1.54, 1.807) is 11.3 Å². The maximum Gasteiger partial charge on any atom is 0.0768 e. The fourth-order valence-corrected chi connectivity index (χ4v) is 3.44. The first-order valence-electron chi connectivity index (χ1n) is 4.72. The van der Waals surface area contributed by atoms with Crippen molar-refractivity contribution in [2.45, 2.75) is 6.04 Å². The molecule has 0 spiro atoms. The molecular weight excluding hydrogens is 352 g/mol. The average molecular weight is 362 g/mol. The van der Waals surface area contributed by atoms with E-state index in [2.05, 4.69) is 59.0 Å². The zero-order chi connectivity index (χ0) is 11.5. The van der Waals surface area contributed by atoms with Crippen LogP contribution in [0.1, 0.15) is 17.3 Å². The molecule has 0 aliphatic rings. The Morgan fingerprint density at radius 1 is 1.44 bits per heavy atom. The maximum absolute atomic E-state index is 4.45. The van der Waals surface area contributed by atoms with E-state index in [4.69, 9.17) is 0 Å². The molecule has 0 saturated carbocycles. The number of halogens is 2. The minimum Gasteiger partial charge on any atom is -0.308 e. The van der Waals surface area contributed by atoms with Crippen LogP contribution in [0.3, 0.4) is 0 Å². The fourth-order valence-electron chi connectivity index (χ4n) is 1.54. The van der Waals surface area contributed by atoms with Crippen LogP contribution < -0.4 is 5.32 Å². The lowest BCUT2D eigenvalue weighted by Crippen LogP contribution is -2.18. The van der Waals surface area contributed by atoms with E-state index in [0.717, 1.165) is 14.6 Å². The molecule has 0 fully saturated rings. The second kappa shape index (κ2) is 5.40. The normalized spacial score (nSPS) is 12.7. The number of pyridine rings is 1. The zero-order valence-electron chi connectivity index (χ0n) is 8.58. The van der Waals surface area contributed by atoms with Gasteiger partial charge in [-0.15, -0.1) is 0 Å². The molecule has 0 saturated heterocycles. The molecule has 2 heterocycles. The van der Waals surface area contributed by atoms with Crippen molar-refractivity contribution in [2.75, 3.05) is 7.05 Å². The smallest absolute Gasteiger partial charge is 0.0768 e. The Morgan fingerprint density at radius 2 is 2.25 bits per heavy atom. The first kappa shape index (κ1) is 12.2. The van der Waals surface area contributed by atoms with Gasteiger partial charge in [-0.1, -0.05) is 0 Å². The highest BCUT2D eigenvalue weighted by atomic mass is 79.9. The van der Waals surface area contributed by atoms with Gasteiger partial charge >= 0.3 is 0 Å². The predicted molar refractivity (Wildman–Crippen MR) is 74.9 cm³/mol. The fraction of sp³-hybridized carbons (Fsp3) is 0.182. The number of nitrogens with zero attached hydrogens (tertiary/aromatic N) is 1. The topological polar surface area (TPSA) is 24.9 Å². The van der Waals surface area contributed by atoms with Gasteiger partial charge in [-0.2, -0.15) is 11.3 Å². The molecule has 84 valence electrons. The Balaban J connectivity index is 2.41. The SMILES string of the molecule is CNC(c1ccsc1)c1ncc(Br)cc1Br.